The topological polar surface area (TPSA) is 322 Å². The molecule has 11 nitrogen and oxygen atoms in total. The van der Waals surface area contributed by atoms with Crippen LogP contribution >= 0.6 is 0 Å². The minimum Gasteiger partial charge on any atom is -2.00 e. The van der Waals surface area contributed by atoms with Gasteiger partial charge < -0.3 is 60.2 Å². The smallest absolute Gasteiger partial charge is 2.00 e. The molecule has 14 heteroatoms. The van der Waals surface area contributed by atoms with Gasteiger partial charge in [0.25, 0.3) is 0 Å². The minimum atomic E-state index is 0. The van der Waals surface area contributed by atoms with Crippen molar-refractivity contribution in [2.45, 2.75) is 0 Å². The number of hydrogen-bond donors (Lipinski definition) is 0. The largest absolute Gasteiger partial charge is 2.00 e. The molecule has 0 saturated heterocycles. The third-order valence-electron chi connectivity index (χ3n) is 0. The molecule has 0 aromatic heterocycles. The monoisotopic (exact) mass is 380 g/mol. The van der Waals surface area contributed by atoms with Gasteiger partial charge in [-0.05, 0) is 0 Å². The third kappa shape index (κ3) is 557. The predicted molar refractivity (Wildman–Crippen MR) is 22.1 cm³/mol. The normalized spacial score (nSPS) is 0. The van der Waals surface area contributed by atoms with E-state index in [0.29, 0.717) is 0 Å². The Bertz CT molecular complexity index is 13.2. The van der Waals surface area contributed by atoms with E-state index >= 15 is 0 Å². The van der Waals surface area contributed by atoms with E-state index < -0.39 is 0 Å². The van der Waals surface area contributed by atoms with Crippen molar-refractivity contribution in [2.75, 3.05) is 0 Å². The van der Waals surface area contributed by atoms with Crippen molar-refractivity contribution >= 4 is 45.5 Å². The van der Waals surface area contributed by atoms with Crippen molar-refractivity contribution in [2.24, 2.45) is 0 Å². The van der Waals surface area contributed by atoms with Crippen molar-refractivity contribution in [3.63, 3.8) is 0 Å². The van der Waals surface area contributed by atoms with E-state index in [9.17, 15) is 0 Å². The Hall–Kier alpha value is 2.08. The molecule has 0 spiro atoms. The van der Waals surface area contributed by atoms with Crippen LogP contribution in [0.25, 0.3) is 0 Å². The summed E-state index contributed by atoms with van der Waals surface area (Å²) in [6, 6.07) is 0. The third-order valence-corrected chi connectivity index (χ3v) is 0. The summed E-state index contributed by atoms with van der Waals surface area (Å²) in [7, 11) is 0. The molecule has 0 rings (SSSR count). The molecule has 0 bridgehead atoms. The zero-order valence-electron chi connectivity index (χ0n) is 6.23. The van der Waals surface area contributed by atoms with Gasteiger partial charge in [0.1, 0.15) is 0 Å². The first-order valence-electron chi connectivity index (χ1n) is 0. The van der Waals surface area contributed by atoms with Gasteiger partial charge in [0, 0.05) is 34.1 Å². The first-order valence-corrected chi connectivity index (χ1v) is 0. The number of hydrogen-bond acceptors (Lipinski definition) is 0. The van der Waals surface area contributed by atoms with Gasteiger partial charge in [-0.2, -0.15) is 0 Å². The molecule has 0 saturated carbocycles. The van der Waals surface area contributed by atoms with E-state index in [4.69, 9.17) is 0 Å². The standard InChI is InChI=1S/2Mn.3H2O.8O.Sr/h;;3*1H2;;;;;;;;;/q;;;;;8*-2;+2. The summed E-state index contributed by atoms with van der Waals surface area (Å²) in [4.78, 5) is 0. The molecule has 0 aromatic rings. The average Bonchev–Trinajstić information content (AvgIpc) is 0. The summed E-state index contributed by atoms with van der Waals surface area (Å²) in [6.07, 6.45) is 0. The maximum Gasteiger partial charge on any atom is 2.00 e. The molecule has 102 valence electrons. The number of rotatable bonds is 0. The summed E-state index contributed by atoms with van der Waals surface area (Å²) in [5.41, 5.74) is 0. The van der Waals surface area contributed by atoms with Crippen LogP contribution in [0.3, 0.4) is 0 Å². The van der Waals surface area contributed by atoms with Crippen LogP contribution < -0.4 is 0 Å². The molecular weight excluding hydrogens is 373 g/mol. The quantitative estimate of drug-likeness (QED) is 0.365. The molecule has 6 N–H and O–H groups in total. The molecule has 0 unspecified atom stereocenters. The van der Waals surface area contributed by atoms with Gasteiger partial charge in [-0.25, -0.2) is 0 Å². The van der Waals surface area contributed by atoms with E-state index in [2.05, 4.69) is 0 Å². The molecule has 14 heavy (non-hydrogen) atoms. The van der Waals surface area contributed by atoms with Crippen molar-refractivity contribution in [1.82, 2.24) is 0 Å². The molecule has 0 fully saturated rings. The van der Waals surface area contributed by atoms with Gasteiger partial charge in [0.15, 0.2) is 0 Å². The minimum absolute atomic E-state index is 0. The van der Waals surface area contributed by atoms with Crippen molar-refractivity contribution < 1.29 is 94.4 Å². The van der Waals surface area contributed by atoms with Crippen LogP contribution in [0.15, 0.2) is 0 Å². The molecule has 0 aliphatic rings. The first-order chi connectivity index (χ1) is 0. The molecule has 0 aromatic carbocycles. The predicted octanol–water partition coefficient (Wildman–Crippen LogP) is -3.81. The second-order valence-corrected chi connectivity index (χ2v) is 0. The molecule has 0 aliphatic heterocycles. The summed E-state index contributed by atoms with van der Waals surface area (Å²) in [6.45, 7) is 0. The van der Waals surface area contributed by atoms with Crippen molar-refractivity contribution in [1.29, 1.82) is 0 Å². The Morgan fingerprint density at radius 2 is 0.286 bits per heavy atom. The first kappa shape index (κ1) is 846. The van der Waals surface area contributed by atoms with Crippen LogP contribution in [-0.4, -0.2) is 61.9 Å². The summed E-state index contributed by atoms with van der Waals surface area (Å²) in [5.74, 6) is 0. The zero-order chi connectivity index (χ0) is 0. The van der Waals surface area contributed by atoms with Gasteiger partial charge >= 0.3 is 45.5 Å². The second kappa shape index (κ2) is 691. The van der Waals surface area contributed by atoms with Crippen molar-refractivity contribution in [3.05, 3.63) is 0 Å². The Kier molecular flexibility index (Phi) is 41800. The van der Waals surface area contributed by atoms with E-state index in [0.717, 1.165) is 0 Å². The van der Waals surface area contributed by atoms with Gasteiger partial charge in [-0.15, -0.1) is 0 Å². The van der Waals surface area contributed by atoms with Crippen LogP contribution in [0.4, 0.5) is 0 Å². The van der Waals surface area contributed by atoms with Crippen LogP contribution in [0.5, 0.6) is 0 Å². The average molecular weight is 380 g/mol. The molecule has 0 heterocycles. The van der Waals surface area contributed by atoms with Gasteiger partial charge in [0.05, 0.1) is 0 Å². The molecule has 0 amide bonds. The fourth-order valence-electron chi connectivity index (χ4n) is 0. The zero-order valence-corrected chi connectivity index (χ0v) is 12.1. The van der Waals surface area contributed by atoms with Crippen LogP contribution in [0.1, 0.15) is 0 Å². The van der Waals surface area contributed by atoms with E-state index in [-0.39, 0.29) is 140 Å². The Morgan fingerprint density at radius 1 is 0.286 bits per heavy atom. The van der Waals surface area contributed by atoms with Crippen LogP contribution in [0, 0.1) is 0 Å². The van der Waals surface area contributed by atoms with E-state index in [1.165, 1.54) is 0 Å². The summed E-state index contributed by atoms with van der Waals surface area (Å²) in [5, 5.41) is 0. The Labute approximate surface area is 138 Å². The summed E-state index contributed by atoms with van der Waals surface area (Å²) < 4.78 is 0. The molecule has 2 radical (unpaired) electrons. The maximum absolute atomic E-state index is 0. The van der Waals surface area contributed by atoms with Crippen LogP contribution in [0.2, 0.25) is 0 Å². The molecular formula is H6Mn2O11Sr-14. The Balaban J connectivity index is 0. The van der Waals surface area contributed by atoms with E-state index in [1.807, 2.05) is 0 Å². The molecule has 0 aliphatic carbocycles. The van der Waals surface area contributed by atoms with E-state index in [1.54, 1.807) is 0 Å². The SMILES string of the molecule is O.O.O.[Mn].[Mn].[O-2].[O-2].[O-2].[O-2].[O-2].[O-2].[O-2].[O-2].[Sr+2]. The van der Waals surface area contributed by atoms with Crippen LogP contribution in [-0.2, 0) is 77.9 Å². The van der Waals surface area contributed by atoms with Crippen molar-refractivity contribution in [3.8, 4) is 0 Å². The fourth-order valence-corrected chi connectivity index (χ4v) is 0. The summed E-state index contributed by atoms with van der Waals surface area (Å²) >= 11 is 0. The van der Waals surface area contributed by atoms with Gasteiger partial charge in [-0.1, -0.05) is 0 Å². The van der Waals surface area contributed by atoms with Gasteiger partial charge in [-0.3, -0.25) is 0 Å². The fraction of sp³-hybridized carbons (Fsp3) is 0. The van der Waals surface area contributed by atoms with Gasteiger partial charge in [0.2, 0.25) is 0 Å². The Morgan fingerprint density at radius 3 is 0.286 bits per heavy atom. The maximum atomic E-state index is 0. The second-order valence-electron chi connectivity index (χ2n) is 0. The molecule has 0 atom stereocenters.